The van der Waals surface area contributed by atoms with E-state index in [1.807, 2.05) is 12.1 Å². The number of aliphatic hydroxyl groups excluding tert-OH is 1. The van der Waals surface area contributed by atoms with Crippen LogP contribution in [0.25, 0.3) is 0 Å². The maximum atomic E-state index is 11.0. The standard InChI is InChI=1S/C11H14O4/c1-14-10-6-4-3-5-8(10)7-9(12)11(13)15-2/h3-6,9,12H,7H2,1-2H3. The van der Waals surface area contributed by atoms with Crippen LogP contribution in [0, 0.1) is 0 Å². The van der Waals surface area contributed by atoms with E-state index < -0.39 is 12.1 Å². The number of ether oxygens (including phenoxy) is 2. The van der Waals surface area contributed by atoms with Crippen LogP contribution in [-0.2, 0) is 16.0 Å². The molecule has 4 heteroatoms. The van der Waals surface area contributed by atoms with E-state index in [0.29, 0.717) is 5.75 Å². The maximum absolute atomic E-state index is 11.0. The minimum Gasteiger partial charge on any atom is -0.496 e. The van der Waals surface area contributed by atoms with Gasteiger partial charge in [-0.2, -0.15) is 0 Å². The van der Waals surface area contributed by atoms with E-state index >= 15 is 0 Å². The van der Waals surface area contributed by atoms with Crippen molar-refractivity contribution in [1.29, 1.82) is 0 Å². The molecule has 15 heavy (non-hydrogen) atoms. The molecule has 1 aromatic carbocycles. The van der Waals surface area contributed by atoms with Gasteiger partial charge in [-0.1, -0.05) is 18.2 Å². The molecule has 0 amide bonds. The minimum atomic E-state index is -1.15. The molecule has 1 unspecified atom stereocenters. The first-order valence-corrected chi connectivity index (χ1v) is 4.56. The van der Waals surface area contributed by atoms with Crippen molar-refractivity contribution in [3.63, 3.8) is 0 Å². The highest BCUT2D eigenvalue weighted by molar-refractivity contribution is 5.74. The van der Waals surface area contributed by atoms with Crippen LogP contribution in [0.2, 0.25) is 0 Å². The Hall–Kier alpha value is -1.55. The van der Waals surface area contributed by atoms with Gasteiger partial charge in [0.05, 0.1) is 14.2 Å². The lowest BCUT2D eigenvalue weighted by Gasteiger charge is -2.11. The molecule has 0 radical (unpaired) electrons. The highest BCUT2D eigenvalue weighted by Gasteiger charge is 2.17. The van der Waals surface area contributed by atoms with Crippen molar-refractivity contribution in [2.24, 2.45) is 0 Å². The molecule has 0 bridgehead atoms. The first-order chi connectivity index (χ1) is 7.19. The predicted octanol–water partition coefficient (Wildman–Crippen LogP) is 0.772. The number of benzene rings is 1. The third-order valence-electron chi connectivity index (χ3n) is 2.08. The summed E-state index contributed by atoms with van der Waals surface area (Å²) in [6, 6.07) is 7.22. The van der Waals surface area contributed by atoms with E-state index in [1.165, 1.54) is 7.11 Å². The molecule has 0 heterocycles. The van der Waals surface area contributed by atoms with Crippen LogP contribution in [0.1, 0.15) is 5.56 Å². The molecule has 0 saturated carbocycles. The topological polar surface area (TPSA) is 55.8 Å². The largest absolute Gasteiger partial charge is 0.496 e. The lowest BCUT2D eigenvalue weighted by atomic mass is 10.1. The first-order valence-electron chi connectivity index (χ1n) is 4.56. The maximum Gasteiger partial charge on any atom is 0.335 e. The van der Waals surface area contributed by atoms with Gasteiger partial charge in [-0.25, -0.2) is 4.79 Å². The SMILES string of the molecule is COC(=O)C(O)Cc1ccccc1OC. The molecule has 1 N–H and O–H groups in total. The fourth-order valence-electron chi connectivity index (χ4n) is 1.30. The molecule has 82 valence electrons. The Morgan fingerprint density at radius 3 is 2.67 bits per heavy atom. The molecule has 0 aliphatic rings. The van der Waals surface area contributed by atoms with E-state index in [1.54, 1.807) is 19.2 Å². The Bertz CT molecular complexity index is 335. The normalized spacial score (nSPS) is 11.9. The van der Waals surface area contributed by atoms with E-state index in [9.17, 15) is 9.90 Å². The van der Waals surface area contributed by atoms with Crippen LogP contribution < -0.4 is 4.74 Å². The Morgan fingerprint density at radius 2 is 2.07 bits per heavy atom. The van der Waals surface area contributed by atoms with Gasteiger partial charge in [-0.15, -0.1) is 0 Å². The Morgan fingerprint density at radius 1 is 1.40 bits per heavy atom. The number of hydrogen-bond donors (Lipinski definition) is 1. The number of methoxy groups -OCH3 is 2. The summed E-state index contributed by atoms with van der Waals surface area (Å²) in [4.78, 5) is 11.0. The number of hydrogen-bond acceptors (Lipinski definition) is 4. The highest BCUT2D eigenvalue weighted by atomic mass is 16.5. The molecule has 0 aliphatic carbocycles. The first kappa shape index (κ1) is 11.5. The molecule has 1 atom stereocenters. The molecule has 0 saturated heterocycles. The lowest BCUT2D eigenvalue weighted by molar-refractivity contribution is -0.150. The Kier molecular flexibility index (Phi) is 4.12. The summed E-state index contributed by atoms with van der Waals surface area (Å²) in [7, 11) is 2.79. The summed E-state index contributed by atoms with van der Waals surface area (Å²) < 4.78 is 9.52. The van der Waals surface area contributed by atoms with Crippen LogP contribution in [0.3, 0.4) is 0 Å². The third kappa shape index (κ3) is 2.95. The molecule has 0 aromatic heterocycles. The zero-order chi connectivity index (χ0) is 11.3. The lowest BCUT2D eigenvalue weighted by Crippen LogP contribution is -2.24. The van der Waals surface area contributed by atoms with Crippen LogP contribution in [0.4, 0.5) is 0 Å². The second kappa shape index (κ2) is 5.36. The van der Waals surface area contributed by atoms with Crippen LogP contribution >= 0.6 is 0 Å². The molecule has 4 nitrogen and oxygen atoms in total. The summed E-state index contributed by atoms with van der Waals surface area (Å²) in [5, 5.41) is 9.46. The van der Waals surface area contributed by atoms with Gasteiger partial charge in [0.25, 0.3) is 0 Å². The highest BCUT2D eigenvalue weighted by Crippen LogP contribution is 2.19. The molecule has 0 aliphatic heterocycles. The Labute approximate surface area is 88.4 Å². The minimum absolute atomic E-state index is 0.191. The van der Waals surface area contributed by atoms with E-state index in [2.05, 4.69) is 4.74 Å². The third-order valence-corrected chi connectivity index (χ3v) is 2.08. The second-order valence-corrected chi connectivity index (χ2v) is 3.05. The van der Waals surface area contributed by atoms with E-state index in [4.69, 9.17) is 4.74 Å². The summed E-state index contributed by atoms with van der Waals surface area (Å²) in [6.07, 6.45) is -0.956. The summed E-state index contributed by atoms with van der Waals surface area (Å²) in [5.74, 6) is 0.0151. The monoisotopic (exact) mass is 210 g/mol. The number of aliphatic hydroxyl groups is 1. The number of esters is 1. The average molecular weight is 210 g/mol. The predicted molar refractivity (Wildman–Crippen MR) is 54.7 cm³/mol. The van der Waals surface area contributed by atoms with Crippen molar-refractivity contribution in [2.75, 3.05) is 14.2 Å². The van der Waals surface area contributed by atoms with Crippen molar-refractivity contribution < 1.29 is 19.4 Å². The molecule has 0 fully saturated rings. The van der Waals surface area contributed by atoms with E-state index in [0.717, 1.165) is 5.56 Å². The zero-order valence-corrected chi connectivity index (χ0v) is 8.77. The quantitative estimate of drug-likeness (QED) is 0.746. The number of carbonyl (C=O) groups excluding carboxylic acids is 1. The van der Waals surface area contributed by atoms with Crippen LogP contribution in [0.5, 0.6) is 5.75 Å². The molecule has 1 rings (SSSR count). The van der Waals surface area contributed by atoms with E-state index in [-0.39, 0.29) is 6.42 Å². The summed E-state index contributed by atoms with van der Waals surface area (Å²) in [5.41, 5.74) is 0.776. The number of para-hydroxylation sites is 1. The van der Waals surface area contributed by atoms with Crippen molar-refractivity contribution in [1.82, 2.24) is 0 Å². The van der Waals surface area contributed by atoms with Crippen LogP contribution in [0.15, 0.2) is 24.3 Å². The van der Waals surface area contributed by atoms with Crippen LogP contribution in [-0.4, -0.2) is 31.4 Å². The summed E-state index contributed by atoms with van der Waals surface area (Å²) in [6.45, 7) is 0. The molecular weight excluding hydrogens is 196 g/mol. The fraction of sp³-hybridized carbons (Fsp3) is 0.364. The van der Waals surface area contributed by atoms with Crippen molar-refractivity contribution in [3.8, 4) is 5.75 Å². The molecule has 1 aromatic rings. The van der Waals surface area contributed by atoms with Crippen molar-refractivity contribution >= 4 is 5.97 Å². The molecular formula is C11H14O4. The van der Waals surface area contributed by atoms with Gasteiger partial charge >= 0.3 is 5.97 Å². The second-order valence-electron chi connectivity index (χ2n) is 3.05. The number of rotatable bonds is 4. The Balaban J connectivity index is 2.75. The van der Waals surface area contributed by atoms with Crippen molar-refractivity contribution in [2.45, 2.75) is 12.5 Å². The van der Waals surface area contributed by atoms with Gasteiger partial charge in [0, 0.05) is 6.42 Å². The van der Waals surface area contributed by atoms with Gasteiger partial charge in [-0.05, 0) is 11.6 Å². The average Bonchev–Trinajstić information content (AvgIpc) is 2.28. The number of carbonyl (C=O) groups is 1. The van der Waals surface area contributed by atoms with Gasteiger partial charge in [0.15, 0.2) is 6.10 Å². The smallest absolute Gasteiger partial charge is 0.335 e. The van der Waals surface area contributed by atoms with Crippen molar-refractivity contribution in [3.05, 3.63) is 29.8 Å². The van der Waals surface area contributed by atoms with Gasteiger partial charge < -0.3 is 14.6 Å². The van der Waals surface area contributed by atoms with Gasteiger partial charge in [-0.3, -0.25) is 0 Å². The summed E-state index contributed by atoms with van der Waals surface area (Å²) >= 11 is 0. The van der Waals surface area contributed by atoms with Gasteiger partial charge in [0.1, 0.15) is 5.75 Å². The van der Waals surface area contributed by atoms with Gasteiger partial charge in [0.2, 0.25) is 0 Å². The fourth-order valence-corrected chi connectivity index (χ4v) is 1.30. The molecule has 0 spiro atoms. The zero-order valence-electron chi connectivity index (χ0n) is 8.77.